The largest absolute Gasteiger partial charge is 0.494 e. The van der Waals surface area contributed by atoms with Gasteiger partial charge in [-0.2, -0.15) is 0 Å². The summed E-state index contributed by atoms with van der Waals surface area (Å²) in [6, 6.07) is 13.6. The first-order valence-electron chi connectivity index (χ1n) is 12.0. The number of carboxylic acid groups (broad SMARTS) is 1. The van der Waals surface area contributed by atoms with Gasteiger partial charge in [-0.05, 0) is 42.7 Å². The lowest BCUT2D eigenvalue weighted by molar-refractivity contribution is -0.137. The van der Waals surface area contributed by atoms with Gasteiger partial charge in [0.1, 0.15) is 11.8 Å². The Balaban J connectivity index is 1.36. The fraction of sp³-hybridized carbons (Fsp3) is 0.333. The van der Waals surface area contributed by atoms with Crippen molar-refractivity contribution in [3.05, 3.63) is 70.9 Å². The van der Waals surface area contributed by atoms with Crippen LogP contribution in [0.4, 0.5) is 0 Å². The summed E-state index contributed by atoms with van der Waals surface area (Å²) in [6.45, 7) is 2.54. The van der Waals surface area contributed by atoms with Crippen LogP contribution in [0.15, 0.2) is 54.0 Å². The van der Waals surface area contributed by atoms with Gasteiger partial charge in [0.2, 0.25) is 5.91 Å². The zero-order chi connectivity index (χ0) is 26.4. The summed E-state index contributed by atoms with van der Waals surface area (Å²) in [5, 5.41) is 21.9. The van der Waals surface area contributed by atoms with Gasteiger partial charge in [-0.15, -0.1) is 11.3 Å². The molecule has 37 heavy (non-hydrogen) atoms. The van der Waals surface area contributed by atoms with Crippen LogP contribution >= 0.6 is 11.3 Å². The summed E-state index contributed by atoms with van der Waals surface area (Å²) in [5.74, 6) is -1.16. The van der Waals surface area contributed by atoms with Gasteiger partial charge in [0, 0.05) is 31.5 Å². The molecule has 0 aliphatic carbocycles. The highest BCUT2D eigenvalue weighted by molar-refractivity contribution is 7.13. The number of hydrogen-bond donors (Lipinski definition) is 3. The minimum atomic E-state index is -0.896. The van der Waals surface area contributed by atoms with Crippen LogP contribution in [0.2, 0.25) is 0 Å². The van der Waals surface area contributed by atoms with Crippen molar-refractivity contribution in [2.24, 2.45) is 0 Å². The number of nitrogens with zero attached hydrogens (tertiary/aromatic N) is 2. The van der Waals surface area contributed by atoms with Crippen molar-refractivity contribution < 1.29 is 29.3 Å². The number of aryl methyl sites for hydroxylation is 1. The number of aliphatic hydroxyl groups is 1. The molecule has 0 radical (unpaired) electrons. The number of carbonyl (C=O) groups excluding carboxylic acids is 2. The highest BCUT2D eigenvalue weighted by atomic mass is 32.1. The lowest BCUT2D eigenvalue weighted by Gasteiger charge is -2.24. The van der Waals surface area contributed by atoms with Crippen LogP contribution in [0.1, 0.15) is 40.9 Å². The van der Waals surface area contributed by atoms with Gasteiger partial charge >= 0.3 is 5.97 Å². The van der Waals surface area contributed by atoms with E-state index in [2.05, 4.69) is 10.3 Å². The predicted octanol–water partition coefficient (Wildman–Crippen LogP) is 3.25. The molecule has 1 aliphatic heterocycles. The van der Waals surface area contributed by atoms with E-state index < -0.39 is 18.1 Å². The fourth-order valence-corrected chi connectivity index (χ4v) is 5.06. The number of carbonyl (C=O) groups is 3. The third-order valence-electron chi connectivity index (χ3n) is 6.16. The number of ether oxygens (including phenoxy) is 1. The molecule has 10 heteroatoms. The molecule has 0 saturated carbocycles. The van der Waals surface area contributed by atoms with Crippen molar-refractivity contribution in [3.63, 3.8) is 0 Å². The number of nitrogens with one attached hydrogen (secondary N) is 1. The van der Waals surface area contributed by atoms with Gasteiger partial charge in [-0.1, -0.05) is 30.3 Å². The summed E-state index contributed by atoms with van der Waals surface area (Å²) < 4.78 is 5.57. The molecule has 1 unspecified atom stereocenters. The smallest absolute Gasteiger partial charge is 0.303 e. The summed E-state index contributed by atoms with van der Waals surface area (Å²) in [6.07, 6.45) is -0.289. The number of amides is 2. The minimum absolute atomic E-state index is 0.00297. The first-order chi connectivity index (χ1) is 17.8. The Morgan fingerprint density at radius 2 is 1.97 bits per heavy atom. The van der Waals surface area contributed by atoms with E-state index in [1.54, 1.807) is 35.6 Å². The van der Waals surface area contributed by atoms with Crippen LogP contribution in [0.3, 0.4) is 0 Å². The molecule has 1 aliphatic rings. The van der Waals surface area contributed by atoms with Crippen molar-refractivity contribution in [2.45, 2.75) is 44.9 Å². The maximum atomic E-state index is 13.2. The van der Waals surface area contributed by atoms with E-state index in [-0.39, 0.29) is 37.8 Å². The van der Waals surface area contributed by atoms with Gasteiger partial charge in [-0.25, -0.2) is 4.98 Å². The third-order valence-corrected chi connectivity index (χ3v) is 7.13. The second-order valence-electron chi connectivity index (χ2n) is 8.92. The highest BCUT2D eigenvalue weighted by Gasteiger charge is 2.39. The molecule has 1 saturated heterocycles. The molecule has 3 aromatic rings. The van der Waals surface area contributed by atoms with E-state index in [4.69, 9.17) is 9.84 Å². The van der Waals surface area contributed by atoms with Crippen LogP contribution in [0, 0.1) is 6.92 Å². The standard InChI is InChI=1S/C27H29N3O6S/c1-17-25(37-16-29-17)19-9-7-18(8-10-19)14-28-26(34)23-13-21(31)15-30(23)27(35)20-4-2-5-22(12-20)36-11-3-6-24(32)33/h2,4-5,7-10,12,16,21,23,31H,3,6,11,13-15H2,1H3,(H,28,34)(H,32,33)/t21-,23?/m1/s1. The van der Waals surface area contributed by atoms with Crippen molar-refractivity contribution in [3.8, 4) is 16.2 Å². The number of aliphatic hydroxyl groups excluding tert-OH is 1. The van der Waals surface area contributed by atoms with Crippen LogP contribution in [-0.4, -0.2) is 63.2 Å². The zero-order valence-electron chi connectivity index (χ0n) is 20.4. The number of hydrogen-bond acceptors (Lipinski definition) is 7. The first kappa shape index (κ1) is 26.3. The molecular weight excluding hydrogens is 494 g/mol. The Hall–Kier alpha value is -3.76. The van der Waals surface area contributed by atoms with Crippen molar-refractivity contribution in [1.29, 1.82) is 0 Å². The first-order valence-corrected chi connectivity index (χ1v) is 12.9. The lowest BCUT2D eigenvalue weighted by atomic mass is 10.1. The Bertz CT molecular complexity index is 1260. The Kier molecular flexibility index (Phi) is 8.52. The van der Waals surface area contributed by atoms with Gasteiger partial charge in [0.15, 0.2) is 0 Å². The number of aromatic nitrogens is 1. The van der Waals surface area contributed by atoms with Crippen molar-refractivity contribution >= 4 is 29.1 Å². The van der Waals surface area contributed by atoms with Gasteiger partial charge in [0.05, 0.1) is 28.8 Å². The second kappa shape index (κ2) is 12.0. The highest BCUT2D eigenvalue weighted by Crippen LogP contribution is 2.27. The van der Waals surface area contributed by atoms with E-state index in [1.165, 1.54) is 4.90 Å². The maximum Gasteiger partial charge on any atom is 0.303 e. The molecule has 0 bridgehead atoms. The minimum Gasteiger partial charge on any atom is -0.494 e. The van der Waals surface area contributed by atoms with E-state index in [9.17, 15) is 19.5 Å². The second-order valence-corrected chi connectivity index (χ2v) is 9.77. The number of likely N-dealkylation sites (tertiary alicyclic amines) is 1. The predicted molar refractivity (Wildman–Crippen MR) is 138 cm³/mol. The topological polar surface area (TPSA) is 129 Å². The average molecular weight is 524 g/mol. The van der Waals surface area contributed by atoms with Crippen LogP contribution in [-0.2, 0) is 16.1 Å². The molecule has 0 spiro atoms. The summed E-state index contributed by atoms with van der Waals surface area (Å²) in [5.41, 5.74) is 5.11. The average Bonchev–Trinajstić information content (AvgIpc) is 3.50. The van der Waals surface area contributed by atoms with E-state index >= 15 is 0 Å². The van der Waals surface area contributed by atoms with Crippen LogP contribution in [0.25, 0.3) is 10.4 Å². The number of aliphatic carboxylic acids is 1. The SMILES string of the molecule is Cc1ncsc1-c1ccc(CNC(=O)C2C[C@@H](O)CN2C(=O)c2cccc(OCCCC(=O)O)c2)cc1. The quantitative estimate of drug-likeness (QED) is 0.348. The molecule has 3 N–H and O–H groups in total. The molecular formula is C27H29N3O6S. The third kappa shape index (κ3) is 6.72. The Morgan fingerprint density at radius 3 is 2.68 bits per heavy atom. The van der Waals surface area contributed by atoms with Crippen molar-refractivity contribution in [1.82, 2.24) is 15.2 Å². The van der Waals surface area contributed by atoms with Crippen molar-refractivity contribution in [2.75, 3.05) is 13.2 Å². The summed E-state index contributed by atoms with van der Waals surface area (Å²) in [7, 11) is 0. The molecule has 9 nitrogen and oxygen atoms in total. The molecule has 194 valence electrons. The van der Waals surface area contributed by atoms with E-state index in [0.717, 1.165) is 21.7 Å². The van der Waals surface area contributed by atoms with Crippen LogP contribution < -0.4 is 10.1 Å². The number of β-amino-alcohol motifs (C(OH)–C–C–N with tert-alkyl or cyclic N) is 1. The molecule has 4 rings (SSSR count). The van der Waals surface area contributed by atoms with E-state index in [1.807, 2.05) is 36.7 Å². The normalized spacial score (nSPS) is 17.0. The Labute approximate surface area is 218 Å². The molecule has 1 fully saturated rings. The number of thiazole rings is 1. The maximum absolute atomic E-state index is 13.2. The van der Waals surface area contributed by atoms with Gasteiger partial charge in [0.25, 0.3) is 5.91 Å². The number of carboxylic acids is 1. The molecule has 2 atom stereocenters. The zero-order valence-corrected chi connectivity index (χ0v) is 21.2. The summed E-state index contributed by atoms with van der Waals surface area (Å²) in [4.78, 5) is 43.7. The van der Waals surface area contributed by atoms with Gasteiger partial charge in [-0.3, -0.25) is 14.4 Å². The molecule has 1 aromatic heterocycles. The molecule has 2 aromatic carbocycles. The number of rotatable bonds is 10. The fourth-order valence-electron chi connectivity index (χ4n) is 4.24. The van der Waals surface area contributed by atoms with Crippen LogP contribution in [0.5, 0.6) is 5.75 Å². The van der Waals surface area contributed by atoms with E-state index in [0.29, 0.717) is 24.3 Å². The molecule has 2 heterocycles. The number of benzene rings is 2. The molecule has 2 amide bonds. The lowest BCUT2D eigenvalue weighted by Crippen LogP contribution is -2.45. The Morgan fingerprint density at radius 1 is 1.19 bits per heavy atom. The van der Waals surface area contributed by atoms with Gasteiger partial charge < -0.3 is 25.2 Å². The monoisotopic (exact) mass is 523 g/mol. The summed E-state index contributed by atoms with van der Waals surface area (Å²) >= 11 is 1.58.